The molecule has 0 unspecified atom stereocenters. The van der Waals surface area contributed by atoms with Gasteiger partial charge in [0, 0.05) is 0 Å². The summed E-state index contributed by atoms with van der Waals surface area (Å²) in [5, 5.41) is 19.2. The van der Waals surface area contributed by atoms with Crippen LogP contribution in [0.3, 0.4) is 0 Å². The molecule has 0 aromatic heterocycles. The first-order chi connectivity index (χ1) is 17.1. The SMILES string of the molecule is CCCCCOc1ccc(OC(=O)c2ccc(C3CCC(CCCC)CC3)cc2)c(C#N)c1C#N. The van der Waals surface area contributed by atoms with Gasteiger partial charge in [-0.05, 0) is 73.8 Å². The number of esters is 1. The van der Waals surface area contributed by atoms with Crippen LogP contribution in [-0.4, -0.2) is 12.6 Å². The monoisotopic (exact) mass is 472 g/mol. The number of ether oxygens (including phenoxy) is 2. The molecule has 1 aliphatic carbocycles. The Morgan fingerprint density at radius 2 is 1.49 bits per heavy atom. The predicted octanol–water partition coefficient (Wildman–Crippen LogP) is 7.68. The van der Waals surface area contributed by atoms with Crippen molar-refractivity contribution >= 4 is 5.97 Å². The van der Waals surface area contributed by atoms with E-state index in [1.165, 1.54) is 56.6 Å². The zero-order chi connectivity index (χ0) is 25.0. The molecule has 5 nitrogen and oxygen atoms in total. The molecule has 1 saturated carbocycles. The highest BCUT2D eigenvalue weighted by Crippen LogP contribution is 2.38. The molecule has 0 atom stereocenters. The molecule has 1 aliphatic rings. The largest absolute Gasteiger partial charge is 0.492 e. The number of carbonyl (C=O) groups is 1. The van der Waals surface area contributed by atoms with Crippen molar-refractivity contribution in [3.05, 3.63) is 58.7 Å². The van der Waals surface area contributed by atoms with Crippen LogP contribution in [0.1, 0.15) is 111 Å². The molecule has 35 heavy (non-hydrogen) atoms. The quantitative estimate of drug-likeness (QED) is 0.190. The molecule has 2 aromatic carbocycles. The van der Waals surface area contributed by atoms with Crippen LogP contribution < -0.4 is 9.47 Å². The Labute approximate surface area is 209 Å². The Morgan fingerprint density at radius 3 is 2.11 bits per heavy atom. The van der Waals surface area contributed by atoms with Crippen LogP contribution in [0.25, 0.3) is 0 Å². The molecule has 0 spiro atoms. The molecule has 0 aliphatic heterocycles. The average Bonchev–Trinajstić information content (AvgIpc) is 2.90. The lowest BCUT2D eigenvalue weighted by atomic mass is 9.77. The van der Waals surface area contributed by atoms with Crippen LogP contribution in [0.5, 0.6) is 11.5 Å². The van der Waals surface area contributed by atoms with Crippen LogP contribution in [0.4, 0.5) is 0 Å². The third-order valence-electron chi connectivity index (χ3n) is 6.99. The molecular weight excluding hydrogens is 436 g/mol. The minimum atomic E-state index is -0.545. The van der Waals surface area contributed by atoms with Crippen molar-refractivity contribution in [3.63, 3.8) is 0 Å². The number of hydrogen-bond acceptors (Lipinski definition) is 5. The number of hydrogen-bond donors (Lipinski definition) is 0. The van der Waals surface area contributed by atoms with Gasteiger partial charge in [0.2, 0.25) is 0 Å². The lowest BCUT2D eigenvalue weighted by molar-refractivity contribution is 0.0734. The molecule has 0 saturated heterocycles. The minimum Gasteiger partial charge on any atom is -0.492 e. The lowest BCUT2D eigenvalue weighted by Crippen LogP contribution is -2.14. The zero-order valence-corrected chi connectivity index (χ0v) is 21.0. The summed E-state index contributed by atoms with van der Waals surface area (Å²) in [5.41, 5.74) is 1.81. The van der Waals surface area contributed by atoms with Gasteiger partial charge in [0.15, 0.2) is 5.75 Å². The molecule has 5 heteroatoms. The van der Waals surface area contributed by atoms with E-state index >= 15 is 0 Å². The van der Waals surface area contributed by atoms with E-state index in [0.29, 0.717) is 23.8 Å². The third kappa shape index (κ3) is 7.09. The van der Waals surface area contributed by atoms with Crippen molar-refractivity contribution in [3.8, 4) is 23.6 Å². The van der Waals surface area contributed by atoms with E-state index in [2.05, 4.69) is 13.8 Å². The van der Waals surface area contributed by atoms with E-state index in [4.69, 9.17) is 9.47 Å². The highest BCUT2D eigenvalue weighted by molar-refractivity contribution is 5.91. The highest BCUT2D eigenvalue weighted by atomic mass is 16.5. The standard InChI is InChI=1S/C30H36N2O3/c1-3-5-7-19-34-28-17-18-29(27(21-32)26(28)20-31)35-30(33)25-15-13-24(14-16-25)23-11-9-22(10-12-23)8-6-4-2/h13-18,22-23H,3-12,19H2,1-2H3. The fraction of sp³-hybridized carbons (Fsp3) is 0.500. The number of benzene rings is 2. The van der Waals surface area contributed by atoms with Gasteiger partial charge in [-0.1, -0.05) is 58.1 Å². The van der Waals surface area contributed by atoms with Crippen molar-refractivity contribution in [1.82, 2.24) is 0 Å². The van der Waals surface area contributed by atoms with Gasteiger partial charge in [0.1, 0.15) is 29.0 Å². The number of nitriles is 2. The van der Waals surface area contributed by atoms with Gasteiger partial charge in [-0.2, -0.15) is 10.5 Å². The average molecular weight is 473 g/mol. The van der Waals surface area contributed by atoms with Crippen molar-refractivity contribution in [2.75, 3.05) is 6.61 Å². The van der Waals surface area contributed by atoms with Crippen LogP contribution in [0.15, 0.2) is 36.4 Å². The third-order valence-corrected chi connectivity index (χ3v) is 6.99. The van der Waals surface area contributed by atoms with E-state index in [-0.39, 0.29) is 16.9 Å². The van der Waals surface area contributed by atoms with Crippen LogP contribution >= 0.6 is 0 Å². The van der Waals surface area contributed by atoms with Crippen LogP contribution in [-0.2, 0) is 0 Å². The first-order valence-corrected chi connectivity index (χ1v) is 13.0. The van der Waals surface area contributed by atoms with Gasteiger partial charge in [0.05, 0.1) is 12.2 Å². The van der Waals surface area contributed by atoms with Crippen LogP contribution in [0.2, 0.25) is 0 Å². The van der Waals surface area contributed by atoms with E-state index in [9.17, 15) is 15.3 Å². The van der Waals surface area contributed by atoms with Crippen LogP contribution in [0, 0.1) is 28.6 Å². The molecule has 184 valence electrons. The second-order valence-electron chi connectivity index (χ2n) is 9.46. The summed E-state index contributed by atoms with van der Waals surface area (Å²) in [6, 6.07) is 14.8. The lowest BCUT2D eigenvalue weighted by Gasteiger charge is -2.28. The van der Waals surface area contributed by atoms with Gasteiger partial charge in [-0.25, -0.2) is 4.79 Å². The van der Waals surface area contributed by atoms with Gasteiger partial charge in [-0.15, -0.1) is 0 Å². The Kier molecular flexibility index (Phi) is 10.2. The summed E-state index contributed by atoms with van der Waals surface area (Å²) in [6.45, 7) is 4.82. The maximum absolute atomic E-state index is 12.8. The van der Waals surface area contributed by atoms with E-state index in [1.54, 1.807) is 18.2 Å². The second-order valence-corrected chi connectivity index (χ2v) is 9.46. The van der Waals surface area contributed by atoms with E-state index in [0.717, 1.165) is 25.2 Å². The maximum atomic E-state index is 12.8. The molecular formula is C30H36N2O3. The first-order valence-electron chi connectivity index (χ1n) is 13.0. The summed E-state index contributed by atoms with van der Waals surface area (Å²) in [7, 11) is 0. The molecule has 2 aromatic rings. The number of unbranched alkanes of at least 4 members (excludes halogenated alkanes) is 3. The topological polar surface area (TPSA) is 83.1 Å². The van der Waals surface area contributed by atoms with Gasteiger partial charge in [0.25, 0.3) is 0 Å². The summed E-state index contributed by atoms with van der Waals surface area (Å²) in [6.07, 6.45) is 11.9. The van der Waals surface area contributed by atoms with E-state index in [1.807, 2.05) is 24.3 Å². The second kappa shape index (κ2) is 13.5. The van der Waals surface area contributed by atoms with E-state index < -0.39 is 5.97 Å². The summed E-state index contributed by atoms with van der Waals surface area (Å²) >= 11 is 0. The van der Waals surface area contributed by atoms with Crippen molar-refractivity contribution < 1.29 is 14.3 Å². The Hall–Kier alpha value is -3.31. The van der Waals surface area contributed by atoms with Gasteiger partial charge < -0.3 is 9.47 Å². The van der Waals surface area contributed by atoms with Crippen molar-refractivity contribution in [2.24, 2.45) is 5.92 Å². The minimum absolute atomic E-state index is 0.0188. The fourth-order valence-corrected chi connectivity index (χ4v) is 4.85. The maximum Gasteiger partial charge on any atom is 0.343 e. The van der Waals surface area contributed by atoms with Crippen molar-refractivity contribution in [2.45, 2.75) is 84.0 Å². The molecule has 0 bridgehead atoms. The Balaban J connectivity index is 1.64. The number of nitrogens with zero attached hydrogens (tertiary/aromatic N) is 2. The zero-order valence-electron chi connectivity index (χ0n) is 21.0. The first kappa shape index (κ1) is 26.3. The molecule has 3 rings (SSSR count). The molecule has 1 fully saturated rings. The summed E-state index contributed by atoms with van der Waals surface area (Å²) < 4.78 is 11.2. The normalized spacial score (nSPS) is 17.3. The van der Waals surface area contributed by atoms with Crippen molar-refractivity contribution in [1.29, 1.82) is 10.5 Å². The molecule has 0 amide bonds. The highest BCUT2D eigenvalue weighted by Gasteiger charge is 2.23. The number of carbonyl (C=O) groups excluding carboxylic acids is 1. The Bertz CT molecular complexity index is 1050. The Morgan fingerprint density at radius 1 is 0.857 bits per heavy atom. The number of rotatable bonds is 11. The summed E-state index contributed by atoms with van der Waals surface area (Å²) in [5.74, 6) is 1.28. The summed E-state index contributed by atoms with van der Waals surface area (Å²) in [4.78, 5) is 12.8. The predicted molar refractivity (Wildman–Crippen MR) is 137 cm³/mol. The fourth-order valence-electron chi connectivity index (χ4n) is 4.85. The molecule has 0 radical (unpaired) electrons. The molecule has 0 N–H and O–H groups in total. The molecule has 0 heterocycles. The van der Waals surface area contributed by atoms with Gasteiger partial charge >= 0.3 is 5.97 Å². The smallest absolute Gasteiger partial charge is 0.343 e. The van der Waals surface area contributed by atoms with Gasteiger partial charge in [-0.3, -0.25) is 0 Å².